The van der Waals surface area contributed by atoms with Crippen LogP contribution >= 0.6 is 7.82 Å². The van der Waals surface area contributed by atoms with Crippen LogP contribution in [0.2, 0.25) is 0 Å². The first-order valence-corrected chi connectivity index (χ1v) is 13.6. The molecule has 0 saturated heterocycles. The monoisotopic (exact) mass is 478 g/mol. The highest BCUT2D eigenvalue weighted by Crippen LogP contribution is 2.37. The molecule has 1 atom stereocenters. The van der Waals surface area contributed by atoms with Crippen molar-refractivity contribution in [3.63, 3.8) is 0 Å². The van der Waals surface area contributed by atoms with Crippen molar-refractivity contribution in [2.75, 3.05) is 18.5 Å². The lowest BCUT2D eigenvalue weighted by Crippen LogP contribution is -2.19. The van der Waals surface area contributed by atoms with Crippen LogP contribution in [0.1, 0.15) is 71.6 Å². The van der Waals surface area contributed by atoms with E-state index in [0.717, 1.165) is 29.9 Å². The van der Waals surface area contributed by atoms with E-state index < -0.39 is 13.9 Å². The molecule has 8 heteroatoms. The molecular weight excluding hydrogens is 439 g/mol. The van der Waals surface area contributed by atoms with Crippen LogP contribution in [0.3, 0.4) is 0 Å². The highest BCUT2D eigenvalue weighted by atomic mass is 31.2. The number of hydrogen-bond acceptors (Lipinski definition) is 5. The van der Waals surface area contributed by atoms with Gasteiger partial charge in [-0.3, -0.25) is 4.52 Å². The first-order valence-electron chi connectivity index (χ1n) is 12.0. The Bertz CT molecular complexity index is 858. The van der Waals surface area contributed by atoms with Crippen LogP contribution in [-0.4, -0.2) is 34.0 Å². The largest absolute Gasteiger partial charge is 0.494 e. The number of ether oxygens (including phenoxy) is 1. The van der Waals surface area contributed by atoms with E-state index in [0.29, 0.717) is 5.82 Å². The molecule has 0 bridgehead atoms. The fourth-order valence-electron chi connectivity index (χ4n) is 3.59. The first kappa shape index (κ1) is 27.3. The molecule has 184 valence electrons. The van der Waals surface area contributed by atoms with Crippen molar-refractivity contribution in [2.45, 2.75) is 77.7 Å². The molecule has 0 amide bonds. The van der Waals surface area contributed by atoms with Crippen molar-refractivity contribution in [1.82, 2.24) is 4.98 Å². The number of benzene rings is 1. The van der Waals surface area contributed by atoms with E-state index in [4.69, 9.17) is 14.5 Å². The topological polar surface area (TPSA) is 101 Å². The molecule has 1 aromatic heterocycles. The van der Waals surface area contributed by atoms with Crippen LogP contribution in [0, 0.1) is 0 Å². The van der Waals surface area contributed by atoms with Gasteiger partial charge in [-0.1, -0.05) is 70.4 Å². The van der Waals surface area contributed by atoms with E-state index in [1.54, 1.807) is 13.1 Å². The Labute approximate surface area is 198 Å². The fourth-order valence-corrected chi connectivity index (χ4v) is 4.14. The summed E-state index contributed by atoms with van der Waals surface area (Å²) >= 11 is 0. The van der Waals surface area contributed by atoms with Gasteiger partial charge in [0.1, 0.15) is 11.6 Å². The van der Waals surface area contributed by atoms with E-state index in [9.17, 15) is 4.57 Å². The Balaban J connectivity index is 1.76. The molecule has 0 spiro atoms. The zero-order chi connectivity index (χ0) is 23.9. The molecular formula is C25H39N2O5P. The standard InChI is InChI=1S/C25H39N2O5P/c1-3-4-5-6-7-8-9-10-11-17-31-24-14-12-13-22(18-24)23-15-16-26-25(19-23)27-20-21(2)32-33(28,29)30/h12-16,18-19,21H,3-11,17,20H2,1-2H3,(H,26,27)(H2,28,29,30)/t21-/m1/s1. The number of nitrogens with one attached hydrogen (secondary N) is 1. The van der Waals surface area contributed by atoms with Gasteiger partial charge in [0.25, 0.3) is 0 Å². The average molecular weight is 479 g/mol. The minimum Gasteiger partial charge on any atom is -0.494 e. The summed E-state index contributed by atoms with van der Waals surface area (Å²) in [5.41, 5.74) is 1.99. The molecule has 0 fully saturated rings. The van der Waals surface area contributed by atoms with Gasteiger partial charge in [0, 0.05) is 12.7 Å². The predicted molar refractivity (Wildman–Crippen MR) is 133 cm³/mol. The zero-order valence-corrected chi connectivity index (χ0v) is 20.8. The second-order valence-corrected chi connectivity index (χ2v) is 9.61. The van der Waals surface area contributed by atoms with E-state index in [1.165, 1.54) is 51.4 Å². The minimum atomic E-state index is -4.50. The lowest BCUT2D eigenvalue weighted by Gasteiger charge is -2.15. The highest BCUT2D eigenvalue weighted by molar-refractivity contribution is 7.46. The molecule has 0 aliphatic carbocycles. The van der Waals surface area contributed by atoms with E-state index in [-0.39, 0.29) is 6.54 Å². The van der Waals surface area contributed by atoms with Crippen molar-refractivity contribution in [3.8, 4) is 16.9 Å². The number of nitrogens with zero attached hydrogens (tertiary/aromatic N) is 1. The van der Waals surface area contributed by atoms with Crippen molar-refractivity contribution < 1.29 is 23.6 Å². The zero-order valence-electron chi connectivity index (χ0n) is 19.9. The van der Waals surface area contributed by atoms with Crippen molar-refractivity contribution in [3.05, 3.63) is 42.6 Å². The summed E-state index contributed by atoms with van der Waals surface area (Å²) in [5.74, 6) is 1.46. The molecule has 7 nitrogen and oxygen atoms in total. The number of pyridine rings is 1. The molecule has 2 rings (SSSR count). The van der Waals surface area contributed by atoms with Crippen LogP contribution in [0.5, 0.6) is 5.75 Å². The number of phosphoric acid groups is 1. The summed E-state index contributed by atoms with van der Waals surface area (Å²) < 4.78 is 21.5. The van der Waals surface area contributed by atoms with Gasteiger partial charge in [-0.05, 0) is 48.7 Å². The Morgan fingerprint density at radius 3 is 2.33 bits per heavy atom. The Morgan fingerprint density at radius 1 is 0.970 bits per heavy atom. The molecule has 0 unspecified atom stereocenters. The smallest absolute Gasteiger partial charge is 0.469 e. The van der Waals surface area contributed by atoms with Gasteiger partial charge in [0.05, 0.1) is 12.7 Å². The van der Waals surface area contributed by atoms with Crippen molar-refractivity contribution in [2.24, 2.45) is 0 Å². The molecule has 0 radical (unpaired) electrons. The number of rotatable bonds is 17. The average Bonchev–Trinajstić information content (AvgIpc) is 2.78. The molecule has 0 aliphatic rings. The molecule has 33 heavy (non-hydrogen) atoms. The van der Waals surface area contributed by atoms with E-state index in [2.05, 4.69) is 21.7 Å². The summed E-state index contributed by atoms with van der Waals surface area (Å²) in [4.78, 5) is 22.0. The maximum absolute atomic E-state index is 10.9. The van der Waals surface area contributed by atoms with Gasteiger partial charge in [-0.25, -0.2) is 9.55 Å². The number of aromatic nitrogens is 1. The quantitative estimate of drug-likeness (QED) is 0.175. The number of unbranched alkanes of at least 4 members (excludes halogenated alkanes) is 8. The number of phosphoric ester groups is 1. The molecule has 1 heterocycles. The van der Waals surface area contributed by atoms with Crippen LogP contribution in [0.15, 0.2) is 42.6 Å². The summed E-state index contributed by atoms with van der Waals surface area (Å²) in [6.45, 7) is 4.79. The van der Waals surface area contributed by atoms with Crippen LogP contribution in [-0.2, 0) is 9.09 Å². The van der Waals surface area contributed by atoms with Gasteiger partial charge < -0.3 is 19.8 Å². The Hall–Kier alpha value is -1.92. The molecule has 1 aromatic carbocycles. The van der Waals surface area contributed by atoms with E-state index >= 15 is 0 Å². The van der Waals surface area contributed by atoms with Gasteiger partial charge in [0.2, 0.25) is 0 Å². The third kappa shape index (κ3) is 12.2. The van der Waals surface area contributed by atoms with Crippen LogP contribution in [0.25, 0.3) is 11.1 Å². The van der Waals surface area contributed by atoms with Crippen molar-refractivity contribution in [1.29, 1.82) is 0 Å². The van der Waals surface area contributed by atoms with E-state index in [1.807, 2.05) is 36.4 Å². The number of anilines is 1. The SMILES string of the molecule is CCCCCCCCCCCOc1cccc(-c2ccnc(NC[C@@H](C)OP(=O)(O)O)c2)c1. The lowest BCUT2D eigenvalue weighted by molar-refractivity contribution is 0.152. The normalized spacial score (nSPS) is 12.5. The first-order chi connectivity index (χ1) is 15.9. The number of hydrogen-bond donors (Lipinski definition) is 3. The lowest BCUT2D eigenvalue weighted by atomic mass is 10.1. The van der Waals surface area contributed by atoms with Crippen LogP contribution < -0.4 is 10.1 Å². The summed E-state index contributed by atoms with van der Waals surface area (Å²) in [5, 5.41) is 3.05. The van der Waals surface area contributed by atoms with Gasteiger partial charge >= 0.3 is 7.82 Å². The molecule has 3 N–H and O–H groups in total. The second kappa shape index (κ2) is 15.1. The minimum absolute atomic E-state index is 0.226. The third-order valence-corrected chi connectivity index (χ3v) is 5.97. The van der Waals surface area contributed by atoms with Gasteiger partial charge in [-0.2, -0.15) is 0 Å². The van der Waals surface area contributed by atoms with Gasteiger partial charge in [-0.15, -0.1) is 0 Å². The maximum Gasteiger partial charge on any atom is 0.469 e. The highest BCUT2D eigenvalue weighted by Gasteiger charge is 2.18. The second-order valence-electron chi connectivity index (χ2n) is 8.42. The fraction of sp³-hybridized carbons (Fsp3) is 0.560. The Morgan fingerprint density at radius 2 is 1.64 bits per heavy atom. The van der Waals surface area contributed by atoms with Crippen LogP contribution in [0.4, 0.5) is 5.82 Å². The summed E-state index contributed by atoms with van der Waals surface area (Å²) in [6, 6.07) is 11.8. The molecule has 0 saturated carbocycles. The Kier molecular flexibility index (Phi) is 12.5. The molecule has 2 aromatic rings. The molecule has 0 aliphatic heterocycles. The third-order valence-electron chi connectivity index (χ3n) is 5.33. The van der Waals surface area contributed by atoms with Gasteiger partial charge in [0.15, 0.2) is 0 Å². The summed E-state index contributed by atoms with van der Waals surface area (Å²) in [6.07, 6.45) is 12.7. The summed E-state index contributed by atoms with van der Waals surface area (Å²) in [7, 11) is -4.50. The maximum atomic E-state index is 10.9. The van der Waals surface area contributed by atoms with Crippen molar-refractivity contribution >= 4 is 13.6 Å². The predicted octanol–water partition coefficient (Wildman–Crippen LogP) is 6.57.